The van der Waals surface area contributed by atoms with Gasteiger partial charge in [0.05, 0.1) is 0 Å². The van der Waals surface area contributed by atoms with Crippen LogP contribution < -0.4 is 4.90 Å². The summed E-state index contributed by atoms with van der Waals surface area (Å²) < 4.78 is 0. The van der Waals surface area contributed by atoms with Gasteiger partial charge < -0.3 is 0 Å². The first-order chi connectivity index (χ1) is 6.11. The highest BCUT2D eigenvalue weighted by Gasteiger charge is 2.09. The van der Waals surface area contributed by atoms with Crippen molar-refractivity contribution < 1.29 is 4.79 Å². The molecule has 13 heavy (non-hydrogen) atoms. The van der Waals surface area contributed by atoms with Gasteiger partial charge in [-0.25, -0.2) is 0 Å². The summed E-state index contributed by atoms with van der Waals surface area (Å²) in [6.07, 6.45) is 0. The molecule has 0 atom stereocenters. The Morgan fingerprint density at radius 1 is 1.38 bits per heavy atom. The van der Waals surface area contributed by atoms with E-state index in [2.05, 4.69) is 10.2 Å². The quantitative estimate of drug-likeness (QED) is 0.696. The van der Waals surface area contributed by atoms with E-state index in [1.807, 2.05) is 20.8 Å². The average molecular weight is 201 g/mol. The van der Waals surface area contributed by atoms with Crippen molar-refractivity contribution in [3.63, 3.8) is 0 Å². The zero-order valence-corrected chi connectivity index (χ0v) is 9.47. The lowest BCUT2D eigenvalue weighted by Crippen LogP contribution is -2.22. The molecule has 0 spiro atoms. The van der Waals surface area contributed by atoms with Gasteiger partial charge in [0.2, 0.25) is 11.0 Å². The Morgan fingerprint density at radius 3 is 2.23 bits per heavy atom. The number of anilines is 1. The molecule has 1 aromatic heterocycles. The molecule has 1 amide bonds. The Kier molecular flexibility index (Phi) is 5.22. The van der Waals surface area contributed by atoms with Crippen LogP contribution >= 0.6 is 11.3 Å². The number of carbonyl (C=O) groups is 1. The summed E-state index contributed by atoms with van der Waals surface area (Å²) in [5, 5.41) is 9.12. The van der Waals surface area contributed by atoms with E-state index < -0.39 is 0 Å². The molecule has 0 radical (unpaired) electrons. The molecule has 5 heteroatoms. The number of hydrogen-bond donors (Lipinski definition) is 0. The number of amides is 1. The Bertz CT molecular complexity index is 272. The summed E-state index contributed by atoms with van der Waals surface area (Å²) in [6, 6.07) is 0. The summed E-state index contributed by atoms with van der Waals surface area (Å²) in [6.45, 7) is 7.35. The van der Waals surface area contributed by atoms with E-state index in [0.717, 1.165) is 5.01 Å². The van der Waals surface area contributed by atoms with E-state index in [1.165, 1.54) is 23.2 Å². The SMILES string of the molecule is CC.CC(=O)N(C)c1nnc(C)s1. The van der Waals surface area contributed by atoms with Gasteiger partial charge in [-0.15, -0.1) is 10.2 Å². The summed E-state index contributed by atoms with van der Waals surface area (Å²) in [5.41, 5.74) is 0. The molecule has 4 nitrogen and oxygen atoms in total. The normalized spacial score (nSPS) is 8.69. The van der Waals surface area contributed by atoms with Crippen molar-refractivity contribution in [1.82, 2.24) is 10.2 Å². The van der Waals surface area contributed by atoms with Crippen LogP contribution in [0.5, 0.6) is 0 Å². The number of aromatic nitrogens is 2. The molecule has 0 aromatic carbocycles. The second-order valence-corrected chi connectivity index (χ2v) is 3.34. The molecule has 1 aromatic rings. The Labute approximate surface area is 82.6 Å². The molecular formula is C8H15N3OS. The third-order valence-electron chi connectivity index (χ3n) is 1.27. The second kappa shape index (κ2) is 5.64. The summed E-state index contributed by atoms with van der Waals surface area (Å²) in [5.74, 6) is -0.0267. The van der Waals surface area contributed by atoms with Crippen molar-refractivity contribution in [3.05, 3.63) is 5.01 Å². The summed E-state index contributed by atoms with van der Waals surface area (Å²) in [4.78, 5) is 12.3. The van der Waals surface area contributed by atoms with E-state index in [9.17, 15) is 4.79 Å². The minimum absolute atomic E-state index is 0.0267. The fourth-order valence-electron chi connectivity index (χ4n) is 0.556. The zero-order valence-electron chi connectivity index (χ0n) is 8.66. The first kappa shape index (κ1) is 12.0. The number of hydrogen-bond acceptors (Lipinski definition) is 4. The van der Waals surface area contributed by atoms with Gasteiger partial charge in [0.25, 0.3) is 0 Å². The highest BCUT2D eigenvalue weighted by atomic mass is 32.1. The van der Waals surface area contributed by atoms with E-state index in [4.69, 9.17) is 0 Å². The fraction of sp³-hybridized carbons (Fsp3) is 0.625. The van der Waals surface area contributed by atoms with Gasteiger partial charge in [-0.05, 0) is 6.92 Å². The maximum absolute atomic E-state index is 10.8. The van der Waals surface area contributed by atoms with Crippen molar-refractivity contribution in [1.29, 1.82) is 0 Å². The first-order valence-corrected chi connectivity index (χ1v) is 4.97. The molecule has 0 bridgehead atoms. The predicted octanol–water partition coefficient (Wildman–Crippen LogP) is 1.86. The molecule has 0 saturated carbocycles. The minimum atomic E-state index is -0.0267. The molecule has 1 heterocycles. The van der Waals surface area contributed by atoms with E-state index in [-0.39, 0.29) is 5.91 Å². The molecule has 0 aliphatic heterocycles. The van der Waals surface area contributed by atoms with Crippen molar-refractivity contribution in [2.24, 2.45) is 0 Å². The van der Waals surface area contributed by atoms with Crippen molar-refractivity contribution in [2.75, 3.05) is 11.9 Å². The molecule has 0 unspecified atom stereocenters. The molecule has 0 N–H and O–H groups in total. The lowest BCUT2D eigenvalue weighted by molar-refractivity contribution is -0.116. The number of nitrogens with zero attached hydrogens (tertiary/aromatic N) is 3. The first-order valence-electron chi connectivity index (χ1n) is 4.15. The van der Waals surface area contributed by atoms with Crippen LogP contribution in [-0.2, 0) is 4.79 Å². The lowest BCUT2D eigenvalue weighted by atomic mass is 10.6. The van der Waals surface area contributed by atoms with Gasteiger partial charge >= 0.3 is 0 Å². The van der Waals surface area contributed by atoms with Gasteiger partial charge in [-0.3, -0.25) is 9.69 Å². The van der Waals surface area contributed by atoms with Crippen LogP contribution in [0.2, 0.25) is 0 Å². The van der Waals surface area contributed by atoms with Crippen LogP contribution in [0.15, 0.2) is 0 Å². The molecule has 0 aliphatic carbocycles. The predicted molar refractivity (Wildman–Crippen MR) is 55.1 cm³/mol. The third kappa shape index (κ3) is 3.50. The summed E-state index contributed by atoms with van der Waals surface area (Å²) >= 11 is 1.41. The smallest absolute Gasteiger partial charge is 0.225 e. The van der Waals surface area contributed by atoms with E-state index in [1.54, 1.807) is 7.05 Å². The molecule has 0 fully saturated rings. The highest BCUT2D eigenvalue weighted by Crippen LogP contribution is 2.17. The van der Waals surface area contributed by atoms with Gasteiger partial charge in [0.1, 0.15) is 5.01 Å². The Morgan fingerprint density at radius 2 is 1.92 bits per heavy atom. The van der Waals surface area contributed by atoms with Gasteiger partial charge in [0.15, 0.2) is 0 Å². The Hall–Kier alpha value is -0.970. The van der Waals surface area contributed by atoms with Crippen LogP contribution in [0.3, 0.4) is 0 Å². The molecule has 0 saturated heterocycles. The number of aryl methyl sites for hydroxylation is 1. The molecule has 0 aliphatic rings. The standard InChI is InChI=1S/C6H9N3OS.C2H6/c1-4-7-8-6(11-4)9(3)5(2)10;1-2/h1-3H3;1-2H3. The Balaban J connectivity index is 0.000000671. The van der Waals surface area contributed by atoms with Crippen LogP contribution in [-0.4, -0.2) is 23.2 Å². The molecule has 74 valence electrons. The lowest BCUT2D eigenvalue weighted by Gasteiger charge is -2.07. The van der Waals surface area contributed by atoms with Crippen LogP contribution in [0.1, 0.15) is 25.8 Å². The van der Waals surface area contributed by atoms with Crippen molar-refractivity contribution >= 4 is 22.4 Å². The minimum Gasteiger partial charge on any atom is -0.290 e. The van der Waals surface area contributed by atoms with Gasteiger partial charge in [0, 0.05) is 14.0 Å². The fourth-order valence-corrected chi connectivity index (χ4v) is 1.25. The van der Waals surface area contributed by atoms with E-state index in [0.29, 0.717) is 5.13 Å². The highest BCUT2D eigenvalue weighted by molar-refractivity contribution is 7.15. The van der Waals surface area contributed by atoms with Crippen molar-refractivity contribution in [3.8, 4) is 0 Å². The maximum Gasteiger partial charge on any atom is 0.225 e. The van der Waals surface area contributed by atoms with E-state index >= 15 is 0 Å². The largest absolute Gasteiger partial charge is 0.290 e. The van der Waals surface area contributed by atoms with Crippen LogP contribution in [0, 0.1) is 6.92 Å². The maximum atomic E-state index is 10.8. The van der Waals surface area contributed by atoms with Crippen LogP contribution in [0.4, 0.5) is 5.13 Å². The van der Waals surface area contributed by atoms with Gasteiger partial charge in [-0.2, -0.15) is 0 Å². The second-order valence-electron chi connectivity index (χ2n) is 2.18. The number of carbonyl (C=O) groups excluding carboxylic acids is 1. The monoisotopic (exact) mass is 201 g/mol. The zero-order chi connectivity index (χ0) is 10.4. The number of rotatable bonds is 1. The molecular weight excluding hydrogens is 186 g/mol. The summed E-state index contributed by atoms with van der Waals surface area (Å²) in [7, 11) is 1.68. The van der Waals surface area contributed by atoms with Gasteiger partial charge in [-0.1, -0.05) is 25.2 Å². The van der Waals surface area contributed by atoms with Crippen LogP contribution in [0.25, 0.3) is 0 Å². The molecule has 1 rings (SSSR count). The average Bonchev–Trinajstić information content (AvgIpc) is 2.54. The van der Waals surface area contributed by atoms with Crippen molar-refractivity contribution in [2.45, 2.75) is 27.7 Å². The topological polar surface area (TPSA) is 46.1 Å². The third-order valence-corrected chi connectivity index (χ3v) is 2.19.